The van der Waals surface area contributed by atoms with Gasteiger partial charge in [0, 0.05) is 48.1 Å². The second-order valence-electron chi connectivity index (χ2n) is 4.02. The maximum absolute atomic E-state index is 11.0. The normalized spacial score (nSPS) is 14.9. The molecule has 2 unspecified atom stereocenters. The predicted octanol–water partition coefficient (Wildman–Crippen LogP) is 1.15. The van der Waals surface area contributed by atoms with Crippen LogP contribution in [0.4, 0.5) is 0 Å². The quantitative estimate of drug-likeness (QED) is 0.781. The van der Waals surface area contributed by atoms with Crippen LogP contribution < -0.4 is 5.32 Å². The van der Waals surface area contributed by atoms with E-state index in [2.05, 4.69) is 28.7 Å². The molecular weight excluding hydrogens is 222 g/mol. The number of imidazole rings is 1. The third kappa shape index (κ3) is 4.45. The average molecular weight is 243 g/mol. The first kappa shape index (κ1) is 13.4. The van der Waals surface area contributed by atoms with Gasteiger partial charge in [-0.2, -0.15) is 0 Å². The van der Waals surface area contributed by atoms with Gasteiger partial charge in [-0.25, -0.2) is 4.98 Å². The van der Waals surface area contributed by atoms with Crippen molar-refractivity contribution in [3.63, 3.8) is 0 Å². The van der Waals surface area contributed by atoms with Gasteiger partial charge in [0.25, 0.3) is 0 Å². The van der Waals surface area contributed by atoms with Gasteiger partial charge < -0.3 is 9.88 Å². The van der Waals surface area contributed by atoms with Gasteiger partial charge in [0.05, 0.1) is 12.0 Å². The van der Waals surface area contributed by atoms with E-state index in [0.29, 0.717) is 6.04 Å². The summed E-state index contributed by atoms with van der Waals surface area (Å²) in [5.41, 5.74) is 1.20. The van der Waals surface area contributed by atoms with E-state index in [1.54, 1.807) is 6.26 Å². The van der Waals surface area contributed by atoms with E-state index in [9.17, 15) is 4.21 Å². The molecule has 1 aromatic rings. The lowest BCUT2D eigenvalue weighted by Gasteiger charge is -2.13. The second kappa shape index (κ2) is 6.81. The fourth-order valence-electron chi connectivity index (χ4n) is 1.50. The largest absolute Gasteiger partial charge is 0.334 e. The van der Waals surface area contributed by atoms with Crippen molar-refractivity contribution in [1.29, 1.82) is 0 Å². The molecule has 2 atom stereocenters. The Bertz CT molecular complexity index is 338. The Morgan fingerprint density at radius 2 is 2.38 bits per heavy atom. The van der Waals surface area contributed by atoms with Crippen molar-refractivity contribution in [2.75, 3.05) is 12.0 Å². The third-order valence-corrected chi connectivity index (χ3v) is 3.42. The first-order valence-electron chi connectivity index (χ1n) is 5.66. The van der Waals surface area contributed by atoms with Gasteiger partial charge in [0.2, 0.25) is 0 Å². The highest BCUT2D eigenvalue weighted by molar-refractivity contribution is 7.84. The zero-order chi connectivity index (χ0) is 12.0. The van der Waals surface area contributed by atoms with Gasteiger partial charge in [0.15, 0.2) is 0 Å². The summed E-state index contributed by atoms with van der Waals surface area (Å²) in [6.07, 6.45) is 6.44. The lowest BCUT2D eigenvalue weighted by Crippen LogP contribution is -2.27. The van der Waals surface area contributed by atoms with Gasteiger partial charge >= 0.3 is 0 Å². The van der Waals surface area contributed by atoms with Crippen LogP contribution in [0.15, 0.2) is 12.5 Å². The van der Waals surface area contributed by atoms with Crippen molar-refractivity contribution >= 4 is 10.8 Å². The highest BCUT2D eigenvalue weighted by Crippen LogP contribution is 2.00. The van der Waals surface area contributed by atoms with Crippen molar-refractivity contribution in [1.82, 2.24) is 14.9 Å². The van der Waals surface area contributed by atoms with E-state index in [1.807, 2.05) is 12.5 Å². The Labute approximate surface area is 99.9 Å². The Morgan fingerprint density at radius 1 is 1.62 bits per heavy atom. The SMILES string of the molecule is CCn1cncc1CNC(C)CCS(C)=O. The molecule has 0 aliphatic carbocycles. The third-order valence-electron chi connectivity index (χ3n) is 2.61. The molecule has 0 saturated carbocycles. The van der Waals surface area contributed by atoms with Gasteiger partial charge in [0.1, 0.15) is 0 Å². The maximum atomic E-state index is 11.0. The fourth-order valence-corrected chi connectivity index (χ4v) is 2.19. The van der Waals surface area contributed by atoms with Crippen LogP contribution in [-0.4, -0.2) is 31.8 Å². The van der Waals surface area contributed by atoms with Crippen molar-refractivity contribution in [3.05, 3.63) is 18.2 Å². The number of aromatic nitrogens is 2. The first-order valence-corrected chi connectivity index (χ1v) is 7.38. The highest BCUT2D eigenvalue weighted by Gasteiger charge is 2.05. The van der Waals surface area contributed by atoms with Crippen molar-refractivity contribution in [3.8, 4) is 0 Å². The van der Waals surface area contributed by atoms with Crippen LogP contribution in [0.2, 0.25) is 0 Å². The number of nitrogens with one attached hydrogen (secondary N) is 1. The minimum Gasteiger partial charge on any atom is -0.334 e. The molecule has 0 bridgehead atoms. The lowest BCUT2D eigenvalue weighted by molar-refractivity contribution is 0.518. The minimum absolute atomic E-state index is 0.393. The Hall–Kier alpha value is -0.680. The molecule has 0 fully saturated rings. The monoisotopic (exact) mass is 243 g/mol. The van der Waals surface area contributed by atoms with Gasteiger partial charge in [-0.3, -0.25) is 4.21 Å². The minimum atomic E-state index is -0.690. The van der Waals surface area contributed by atoms with Crippen LogP contribution in [0.1, 0.15) is 26.0 Å². The van der Waals surface area contributed by atoms with Crippen molar-refractivity contribution in [2.24, 2.45) is 0 Å². The smallest absolute Gasteiger partial charge is 0.0948 e. The number of nitrogens with zero attached hydrogens (tertiary/aromatic N) is 2. The van der Waals surface area contributed by atoms with Crippen molar-refractivity contribution in [2.45, 2.75) is 39.4 Å². The number of rotatable bonds is 7. The molecule has 0 amide bonds. The Morgan fingerprint density at radius 3 is 3.00 bits per heavy atom. The summed E-state index contributed by atoms with van der Waals surface area (Å²) in [7, 11) is -0.690. The van der Waals surface area contributed by atoms with Crippen molar-refractivity contribution < 1.29 is 4.21 Å². The Kier molecular flexibility index (Phi) is 5.69. The van der Waals surface area contributed by atoms with Crippen LogP contribution in [0.3, 0.4) is 0 Å². The Balaban J connectivity index is 2.31. The molecule has 4 nitrogen and oxygen atoms in total. The summed E-state index contributed by atoms with van der Waals surface area (Å²) in [5, 5.41) is 3.42. The van der Waals surface area contributed by atoms with Crippen LogP contribution >= 0.6 is 0 Å². The summed E-state index contributed by atoms with van der Waals surface area (Å²) >= 11 is 0. The molecule has 0 aliphatic heterocycles. The van der Waals surface area contributed by atoms with Gasteiger partial charge in [-0.15, -0.1) is 0 Å². The summed E-state index contributed by atoms with van der Waals surface area (Å²) < 4.78 is 13.1. The number of hydrogen-bond donors (Lipinski definition) is 1. The van der Waals surface area contributed by atoms with Gasteiger partial charge in [-0.05, 0) is 20.3 Å². The van der Waals surface area contributed by atoms with Crippen LogP contribution in [0.25, 0.3) is 0 Å². The summed E-state index contributed by atoms with van der Waals surface area (Å²) in [4.78, 5) is 4.12. The zero-order valence-corrected chi connectivity index (χ0v) is 11.1. The van der Waals surface area contributed by atoms with E-state index in [0.717, 1.165) is 25.3 Å². The van der Waals surface area contributed by atoms with E-state index in [4.69, 9.17) is 0 Å². The van der Waals surface area contributed by atoms with Gasteiger partial charge in [-0.1, -0.05) is 0 Å². The molecule has 1 rings (SSSR count). The molecule has 1 aromatic heterocycles. The summed E-state index contributed by atoms with van der Waals surface area (Å²) in [6, 6.07) is 0.393. The molecule has 92 valence electrons. The molecule has 5 heteroatoms. The van der Waals surface area contributed by atoms with E-state index >= 15 is 0 Å². The van der Waals surface area contributed by atoms with Crippen LogP contribution in [-0.2, 0) is 23.9 Å². The second-order valence-corrected chi connectivity index (χ2v) is 5.57. The molecule has 1 N–H and O–H groups in total. The summed E-state index contributed by atoms with van der Waals surface area (Å²) in [5.74, 6) is 0.765. The highest BCUT2D eigenvalue weighted by atomic mass is 32.2. The van der Waals surface area contributed by atoms with E-state index in [-0.39, 0.29) is 0 Å². The van der Waals surface area contributed by atoms with E-state index in [1.165, 1.54) is 5.69 Å². The molecule has 0 spiro atoms. The molecule has 0 saturated heterocycles. The average Bonchev–Trinajstić information content (AvgIpc) is 2.70. The van der Waals surface area contributed by atoms with Crippen LogP contribution in [0, 0.1) is 0 Å². The van der Waals surface area contributed by atoms with Crippen LogP contribution in [0.5, 0.6) is 0 Å². The molecule has 0 aromatic carbocycles. The topological polar surface area (TPSA) is 46.9 Å². The first-order chi connectivity index (χ1) is 7.63. The summed E-state index contributed by atoms with van der Waals surface area (Å²) in [6.45, 7) is 6.00. The molecule has 0 aliphatic rings. The molecule has 0 radical (unpaired) electrons. The molecular formula is C11H21N3OS. The molecule has 1 heterocycles. The number of hydrogen-bond acceptors (Lipinski definition) is 3. The lowest BCUT2D eigenvalue weighted by atomic mass is 10.2. The fraction of sp³-hybridized carbons (Fsp3) is 0.727. The van der Waals surface area contributed by atoms with E-state index < -0.39 is 10.8 Å². The number of aryl methyl sites for hydroxylation is 1. The zero-order valence-electron chi connectivity index (χ0n) is 10.3. The predicted molar refractivity (Wildman–Crippen MR) is 67.8 cm³/mol. The molecule has 16 heavy (non-hydrogen) atoms. The standard InChI is InChI=1S/C11H21N3OS/c1-4-14-9-12-7-11(14)8-13-10(2)5-6-16(3)15/h7,9-10,13H,4-6,8H2,1-3H3. The maximum Gasteiger partial charge on any atom is 0.0948 e.